The quantitative estimate of drug-likeness (QED) is 0.248. The zero-order valence-electron chi connectivity index (χ0n) is 23.4. The van der Waals surface area contributed by atoms with Gasteiger partial charge in [0.1, 0.15) is 6.26 Å². The molecule has 2 N–H and O–H groups in total. The molecule has 9 nitrogen and oxygen atoms in total. The minimum atomic E-state index is -1.30. The Morgan fingerprint density at radius 3 is 2.65 bits per heavy atom. The molecule has 2 heterocycles. The second-order valence-electron chi connectivity index (χ2n) is 10.9. The fraction of sp³-hybridized carbons (Fsp3) is 0.355. The van der Waals surface area contributed by atoms with Gasteiger partial charge in [-0.2, -0.15) is 0 Å². The highest BCUT2D eigenvalue weighted by Crippen LogP contribution is 2.48. The predicted octanol–water partition coefficient (Wildman–Crippen LogP) is 5.45. The molecule has 6 rings (SSSR count). The summed E-state index contributed by atoms with van der Waals surface area (Å²) in [5.74, 6) is -0.233. The number of hydrogen-bond donors (Lipinski definition) is 2. The maximum atomic E-state index is 14.3. The van der Waals surface area contributed by atoms with E-state index in [1.807, 2.05) is 6.07 Å². The van der Waals surface area contributed by atoms with E-state index in [4.69, 9.17) is 37.5 Å². The second-order valence-corrected chi connectivity index (χ2v) is 12.8. The van der Waals surface area contributed by atoms with Gasteiger partial charge in [0.05, 0.1) is 30.7 Å². The number of rotatable bonds is 8. The number of fused-ring (bicyclic) bond motifs is 2. The first-order valence-corrected chi connectivity index (χ1v) is 16.4. The van der Waals surface area contributed by atoms with Gasteiger partial charge in [0.25, 0.3) is 11.8 Å². The van der Waals surface area contributed by atoms with E-state index in [-0.39, 0.29) is 31.4 Å². The smallest absolute Gasteiger partial charge is 0.255 e. The molecule has 0 bridgehead atoms. The molecule has 0 aromatic heterocycles. The molecule has 1 saturated carbocycles. The first kappa shape index (κ1) is 30.1. The topological polar surface area (TPSA) is 112 Å². The van der Waals surface area contributed by atoms with Crippen LogP contribution in [-0.2, 0) is 27.6 Å². The number of benzene rings is 3. The van der Waals surface area contributed by atoms with Crippen LogP contribution in [0.15, 0.2) is 60.7 Å². The molecule has 2 amide bonds. The summed E-state index contributed by atoms with van der Waals surface area (Å²) in [6, 6.07) is 16.3. The Morgan fingerprint density at radius 1 is 1.05 bits per heavy atom. The third kappa shape index (κ3) is 6.18. The zero-order chi connectivity index (χ0) is 30.1. The average Bonchev–Trinajstić information content (AvgIpc) is 3.46. The normalized spacial score (nSPS) is 23.5. The highest BCUT2D eigenvalue weighted by atomic mass is 35.5. The largest absolute Gasteiger partial charge is 0.598 e. The lowest BCUT2D eigenvalue weighted by molar-refractivity contribution is -0.138. The molecular weight excluding hydrogens is 613 g/mol. The van der Waals surface area contributed by atoms with Crippen LogP contribution in [0.3, 0.4) is 0 Å². The summed E-state index contributed by atoms with van der Waals surface area (Å²) in [7, 11) is 0. The molecule has 226 valence electrons. The van der Waals surface area contributed by atoms with E-state index >= 15 is 0 Å². The van der Waals surface area contributed by atoms with Crippen LogP contribution in [0.4, 0.5) is 0 Å². The first-order valence-electron chi connectivity index (χ1n) is 14.1. The molecule has 12 heteroatoms. The summed E-state index contributed by atoms with van der Waals surface area (Å²) < 4.78 is 26.3. The number of amides is 2. The summed E-state index contributed by atoms with van der Waals surface area (Å²) in [6.45, 7) is 0.246. The van der Waals surface area contributed by atoms with Crippen molar-refractivity contribution in [3.63, 3.8) is 0 Å². The molecule has 1 fully saturated rings. The van der Waals surface area contributed by atoms with Crippen LogP contribution < -0.4 is 19.7 Å². The Hall–Kier alpha value is -2.99. The molecule has 1 aliphatic carbocycles. The van der Waals surface area contributed by atoms with Crippen molar-refractivity contribution >= 4 is 46.4 Å². The minimum absolute atomic E-state index is 0.0860. The number of nitrogens with zero attached hydrogens (tertiary/aromatic N) is 1. The van der Waals surface area contributed by atoms with E-state index in [1.54, 1.807) is 65.8 Å². The van der Waals surface area contributed by atoms with Crippen LogP contribution >= 0.6 is 23.2 Å². The zero-order valence-corrected chi connectivity index (χ0v) is 25.7. The SMILES string of the molecule is C[S+]([O-])N[C@H]1CCCC[C@@H]1N1C(=O)c2ccccc2[C@@H](C(=O)NOCc2ccc3c(c2)OCO3)[C@@H]1c1ccc(Cl)cc1Cl. The Morgan fingerprint density at radius 2 is 1.84 bits per heavy atom. The van der Waals surface area contributed by atoms with Crippen molar-refractivity contribution in [2.24, 2.45) is 0 Å². The number of nitrogens with one attached hydrogen (secondary N) is 2. The van der Waals surface area contributed by atoms with Gasteiger partial charge in [0, 0.05) is 27.0 Å². The molecule has 3 aliphatic rings. The van der Waals surface area contributed by atoms with Crippen molar-refractivity contribution in [1.29, 1.82) is 0 Å². The maximum absolute atomic E-state index is 14.3. The van der Waals surface area contributed by atoms with Gasteiger partial charge in [0.2, 0.25) is 6.79 Å². The third-order valence-corrected chi connectivity index (χ3v) is 9.39. The van der Waals surface area contributed by atoms with Gasteiger partial charge >= 0.3 is 0 Å². The average molecular weight is 645 g/mol. The molecule has 0 spiro atoms. The van der Waals surface area contributed by atoms with Crippen LogP contribution in [0.1, 0.15) is 64.7 Å². The molecule has 0 radical (unpaired) electrons. The summed E-state index contributed by atoms with van der Waals surface area (Å²) in [6.07, 6.45) is 4.83. The van der Waals surface area contributed by atoms with Crippen molar-refractivity contribution in [2.45, 2.75) is 56.3 Å². The Labute approximate surface area is 263 Å². The summed E-state index contributed by atoms with van der Waals surface area (Å²) in [4.78, 5) is 36.0. The van der Waals surface area contributed by atoms with Gasteiger partial charge in [-0.25, -0.2) is 5.48 Å². The van der Waals surface area contributed by atoms with Crippen molar-refractivity contribution < 1.29 is 28.5 Å². The fourth-order valence-electron chi connectivity index (χ4n) is 6.35. The summed E-state index contributed by atoms with van der Waals surface area (Å²) in [5.41, 5.74) is 5.02. The lowest BCUT2D eigenvalue weighted by Gasteiger charge is -2.48. The lowest BCUT2D eigenvalue weighted by atomic mass is 9.76. The van der Waals surface area contributed by atoms with E-state index in [9.17, 15) is 14.1 Å². The van der Waals surface area contributed by atoms with Gasteiger partial charge in [-0.3, -0.25) is 14.4 Å². The molecule has 3 aromatic rings. The van der Waals surface area contributed by atoms with E-state index in [2.05, 4.69) is 10.2 Å². The van der Waals surface area contributed by atoms with Crippen LogP contribution in [0.5, 0.6) is 11.5 Å². The van der Waals surface area contributed by atoms with E-state index in [0.717, 1.165) is 24.8 Å². The molecule has 43 heavy (non-hydrogen) atoms. The Bertz CT molecular complexity index is 1520. The van der Waals surface area contributed by atoms with Gasteiger partial charge < -0.3 is 18.9 Å². The van der Waals surface area contributed by atoms with Gasteiger partial charge in [-0.15, -0.1) is 4.72 Å². The predicted molar refractivity (Wildman–Crippen MR) is 163 cm³/mol. The number of carbonyl (C=O) groups excluding carboxylic acids is 2. The number of carbonyl (C=O) groups is 2. The minimum Gasteiger partial charge on any atom is -0.598 e. The summed E-state index contributed by atoms with van der Waals surface area (Å²) in [5, 5.41) is 0.780. The monoisotopic (exact) mass is 643 g/mol. The van der Waals surface area contributed by atoms with E-state index in [1.165, 1.54) is 0 Å². The summed E-state index contributed by atoms with van der Waals surface area (Å²) >= 11 is 11.8. The number of hydroxylamine groups is 1. The van der Waals surface area contributed by atoms with Gasteiger partial charge in [0.15, 0.2) is 11.5 Å². The second kappa shape index (κ2) is 12.9. The Kier molecular flexibility index (Phi) is 9.04. The van der Waals surface area contributed by atoms with Crippen LogP contribution in [0, 0.1) is 0 Å². The van der Waals surface area contributed by atoms with Crippen molar-refractivity contribution in [3.05, 3.63) is 93.0 Å². The lowest BCUT2D eigenvalue weighted by Crippen LogP contribution is -2.59. The van der Waals surface area contributed by atoms with Crippen LogP contribution in [-0.4, -0.2) is 46.4 Å². The molecule has 0 saturated heterocycles. The molecule has 3 aromatic carbocycles. The van der Waals surface area contributed by atoms with Crippen molar-refractivity contribution in [3.8, 4) is 11.5 Å². The fourth-order valence-corrected chi connectivity index (χ4v) is 7.57. The first-order chi connectivity index (χ1) is 20.8. The van der Waals surface area contributed by atoms with Crippen LogP contribution in [0.2, 0.25) is 10.0 Å². The number of ether oxygens (including phenoxy) is 2. The van der Waals surface area contributed by atoms with Crippen LogP contribution in [0.25, 0.3) is 0 Å². The molecule has 1 unspecified atom stereocenters. The highest BCUT2D eigenvalue weighted by molar-refractivity contribution is 7.88. The maximum Gasteiger partial charge on any atom is 0.255 e. The van der Waals surface area contributed by atoms with Gasteiger partial charge in [-0.05, 0) is 59.9 Å². The highest BCUT2D eigenvalue weighted by Gasteiger charge is 2.49. The van der Waals surface area contributed by atoms with Gasteiger partial charge in [-0.1, -0.05) is 66.4 Å². The third-order valence-electron chi connectivity index (χ3n) is 8.19. The molecular formula is C31H31Cl2N3O6S. The number of halogens is 2. The number of hydrogen-bond acceptors (Lipinski definition) is 7. The van der Waals surface area contributed by atoms with Crippen molar-refractivity contribution in [2.75, 3.05) is 13.0 Å². The van der Waals surface area contributed by atoms with E-state index < -0.39 is 29.2 Å². The van der Waals surface area contributed by atoms with Crippen molar-refractivity contribution in [1.82, 2.24) is 15.1 Å². The molecule has 2 aliphatic heterocycles. The Balaban J connectivity index is 1.37. The van der Waals surface area contributed by atoms with E-state index in [0.29, 0.717) is 44.7 Å². The standard InChI is InChI=1S/C31H31Cl2N3O6S/c1-43(39)35-24-8-4-5-9-25(24)36-29(22-12-11-19(32)15-23(22)33)28(20-6-2-3-7-21(20)31(36)38)30(37)34-42-16-18-10-13-26-27(14-18)41-17-40-26/h2-3,6-7,10-15,24-25,28-29,35H,4-5,8-9,16-17H2,1H3,(H,34,37)/t24-,25-,28+,29-,43?/m0/s1. The molecule has 5 atom stereocenters.